The highest BCUT2D eigenvalue weighted by Crippen LogP contribution is 2.19. The van der Waals surface area contributed by atoms with Gasteiger partial charge < -0.3 is 0 Å². The molecule has 1 nitrogen and oxygen atoms in total. The second-order valence-electron chi connectivity index (χ2n) is 3.62. The molecule has 0 radical (unpaired) electrons. The van der Waals surface area contributed by atoms with Crippen molar-refractivity contribution < 1.29 is 0 Å². The van der Waals surface area contributed by atoms with Gasteiger partial charge in [0.2, 0.25) is 0 Å². The summed E-state index contributed by atoms with van der Waals surface area (Å²) >= 11 is 11.9. The van der Waals surface area contributed by atoms with Crippen LogP contribution in [0.1, 0.15) is 11.1 Å². The topological polar surface area (TPSA) is 12.4 Å². The molecule has 0 heterocycles. The molecule has 0 saturated carbocycles. The van der Waals surface area contributed by atoms with Crippen molar-refractivity contribution in [2.75, 3.05) is 0 Å². The molecule has 0 saturated heterocycles. The van der Waals surface area contributed by atoms with Crippen molar-refractivity contribution in [3.63, 3.8) is 0 Å². The van der Waals surface area contributed by atoms with Gasteiger partial charge in [0.25, 0.3) is 0 Å². The smallest absolute Gasteiger partial charge is 0.0639 e. The number of hydrogen-bond donors (Lipinski definition) is 0. The average Bonchev–Trinajstić information content (AvgIpc) is 2.33. The van der Waals surface area contributed by atoms with Crippen LogP contribution in [0.3, 0.4) is 0 Å². The molecule has 86 valence electrons. The second-order valence-corrected chi connectivity index (χ2v) is 4.46. The van der Waals surface area contributed by atoms with Gasteiger partial charge in [-0.1, -0.05) is 59.6 Å². The summed E-state index contributed by atoms with van der Waals surface area (Å²) in [5, 5.41) is 1.25. The van der Waals surface area contributed by atoms with Gasteiger partial charge in [0.1, 0.15) is 0 Å². The lowest BCUT2D eigenvalue weighted by Crippen LogP contribution is -1.85. The Hall–Kier alpha value is -1.31. The average molecular weight is 264 g/mol. The zero-order valence-electron chi connectivity index (χ0n) is 9.11. The van der Waals surface area contributed by atoms with Gasteiger partial charge in [0.05, 0.1) is 11.6 Å². The predicted octanol–water partition coefficient (Wildman–Crippen LogP) is 4.61. The van der Waals surface area contributed by atoms with E-state index >= 15 is 0 Å². The van der Waals surface area contributed by atoms with Crippen molar-refractivity contribution >= 4 is 29.4 Å². The maximum Gasteiger partial charge on any atom is 0.0639 e. The van der Waals surface area contributed by atoms with Gasteiger partial charge in [0.15, 0.2) is 0 Å². The molecule has 0 bridgehead atoms. The molecule has 3 heteroatoms. The Morgan fingerprint density at radius 3 is 2.47 bits per heavy atom. The lowest BCUT2D eigenvalue weighted by molar-refractivity contribution is 1.08. The normalized spacial score (nSPS) is 10.9. The van der Waals surface area contributed by atoms with Crippen molar-refractivity contribution in [2.24, 2.45) is 4.99 Å². The summed E-state index contributed by atoms with van der Waals surface area (Å²) in [6.45, 7) is 0.653. The third kappa shape index (κ3) is 3.58. The standard InChI is InChI=1S/C14H11Cl2N/c15-13-7-6-12(14(16)8-13)10-17-9-11-4-2-1-3-5-11/h1-8,10H,9H2. The minimum atomic E-state index is 0.620. The van der Waals surface area contributed by atoms with E-state index in [0.29, 0.717) is 16.6 Å². The Morgan fingerprint density at radius 2 is 1.76 bits per heavy atom. The SMILES string of the molecule is Clc1ccc(C=NCc2ccccc2)c(Cl)c1. The summed E-state index contributed by atoms with van der Waals surface area (Å²) in [6, 6.07) is 15.5. The van der Waals surface area contributed by atoms with Crippen LogP contribution < -0.4 is 0 Å². The maximum atomic E-state index is 6.04. The first-order valence-electron chi connectivity index (χ1n) is 5.24. The van der Waals surface area contributed by atoms with E-state index in [0.717, 1.165) is 5.56 Å². The minimum absolute atomic E-state index is 0.620. The minimum Gasteiger partial charge on any atom is -0.288 e. The summed E-state index contributed by atoms with van der Waals surface area (Å²) < 4.78 is 0. The summed E-state index contributed by atoms with van der Waals surface area (Å²) in [7, 11) is 0. The van der Waals surface area contributed by atoms with Crippen molar-refractivity contribution in [1.29, 1.82) is 0 Å². The molecule has 2 rings (SSSR count). The third-order valence-electron chi connectivity index (χ3n) is 2.31. The Morgan fingerprint density at radius 1 is 1.00 bits per heavy atom. The van der Waals surface area contributed by atoms with Crippen molar-refractivity contribution in [3.8, 4) is 0 Å². The molecule has 0 aliphatic heterocycles. The Balaban J connectivity index is 2.06. The number of hydrogen-bond acceptors (Lipinski definition) is 1. The fourth-order valence-electron chi connectivity index (χ4n) is 1.44. The summed E-state index contributed by atoms with van der Waals surface area (Å²) in [5.41, 5.74) is 2.06. The van der Waals surface area contributed by atoms with E-state index in [1.54, 1.807) is 18.3 Å². The zero-order valence-corrected chi connectivity index (χ0v) is 10.6. The Kier molecular flexibility index (Phi) is 4.18. The molecule has 2 aromatic carbocycles. The lowest BCUT2D eigenvalue weighted by atomic mass is 10.2. The van der Waals surface area contributed by atoms with Gasteiger partial charge in [-0.2, -0.15) is 0 Å². The number of benzene rings is 2. The molecule has 2 aromatic rings. The second kappa shape index (κ2) is 5.85. The van der Waals surface area contributed by atoms with E-state index in [-0.39, 0.29) is 0 Å². The third-order valence-corrected chi connectivity index (χ3v) is 2.87. The van der Waals surface area contributed by atoms with Gasteiger partial charge in [0, 0.05) is 16.8 Å². The van der Waals surface area contributed by atoms with E-state index in [2.05, 4.69) is 4.99 Å². The van der Waals surface area contributed by atoms with Crippen LogP contribution in [0.5, 0.6) is 0 Å². The molecule has 0 atom stereocenters. The van der Waals surface area contributed by atoms with Crippen LogP contribution in [-0.4, -0.2) is 6.21 Å². The van der Waals surface area contributed by atoms with E-state index in [1.165, 1.54) is 5.56 Å². The predicted molar refractivity (Wildman–Crippen MR) is 74.2 cm³/mol. The van der Waals surface area contributed by atoms with E-state index in [1.807, 2.05) is 36.4 Å². The first-order chi connectivity index (χ1) is 8.25. The van der Waals surface area contributed by atoms with Crippen LogP contribution >= 0.6 is 23.2 Å². The summed E-state index contributed by atoms with van der Waals surface area (Å²) in [6.07, 6.45) is 1.77. The van der Waals surface area contributed by atoms with Crippen LogP contribution in [0.4, 0.5) is 0 Å². The van der Waals surface area contributed by atoms with Crippen molar-refractivity contribution in [2.45, 2.75) is 6.54 Å². The highest BCUT2D eigenvalue weighted by molar-refractivity contribution is 6.36. The van der Waals surface area contributed by atoms with E-state index < -0.39 is 0 Å². The number of nitrogens with zero attached hydrogens (tertiary/aromatic N) is 1. The summed E-state index contributed by atoms with van der Waals surface area (Å²) in [5.74, 6) is 0. The number of aliphatic imine (C=N–C) groups is 1. The van der Waals surface area contributed by atoms with Gasteiger partial charge >= 0.3 is 0 Å². The monoisotopic (exact) mass is 263 g/mol. The Labute approximate surface area is 111 Å². The molecule has 0 fully saturated rings. The fourth-order valence-corrected chi connectivity index (χ4v) is 1.90. The van der Waals surface area contributed by atoms with Gasteiger partial charge in [-0.3, -0.25) is 4.99 Å². The van der Waals surface area contributed by atoms with Gasteiger partial charge in [-0.15, -0.1) is 0 Å². The molecule has 0 spiro atoms. The van der Waals surface area contributed by atoms with E-state index in [4.69, 9.17) is 23.2 Å². The largest absolute Gasteiger partial charge is 0.288 e. The number of rotatable bonds is 3. The quantitative estimate of drug-likeness (QED) is 0.718. The molecule has 0 N–H and O–H groups in total. The molecule has 0 aliphatic rings. The molecule has 0 unspecified atom stereocenters. The van der Waals surface area contributed by atoms with Gasteiger partial charge in [-0.25, -0.2) is 0 Å². The zero-order chi connectivity index (χ0) is 12.1. The Bertz CT molecular complexity index is 521. The molecule has 0 aliphatic carbocycles. The van der Waals surface area contributed by atoms with E-state index in [9.17, 15) is 0 Å². The van der Waals surface area contributed by atoms with Gasteiger partial charge in [-0.05, 0) is 17.7 Å². The van der Waals surface area contributed by atoms with Crippen LogP contribution in [0.25, 0.3) is 0 Å². The molecular formula is C14H11Cl2N. The van der Waals surface area contributed by atoms with Crippen LogP contribution in [-0.2, 0) is 6.54 Å². The molecule has 0 amide bonds. The highest BCUT2D eigenvalue weighted by atomic mass is 35.5. The molecular weight excluding hydrogens is 253 g/mol. The maximum absolute atomic E-state index is 6.04. The van der Waals surface area contributed by atoms with Crippen molar-refractivity contribution in [3.05, 3.63) is 69.7 Å². The highest BCUT2D eigenvalue weighted by Gasteiger charge is 1.97. The molecule has 17 heavy (non-hydrogen) atoms. The van der Waals surface area contributed by atoms with Crippen LogP contribution in [0, 0.1) is 0 Å². The first kappa shape index (κ1) is 12.2. The van der Waals surface area contributed by atoms with Crippen LogP contribution in [0.15, 0.2) is 53.5 Å². The number of halogens is 2. The molecule has 0 aromatic heterocycles. The van der Waals surface area contributed by atoms with Crippen LogP contribution in [0.2, 0.25) is 10.0 Å². The van der Waals surface area contributed by atoms with Crippen molar-refractivity contribution in [1.82, 2.24) is 0 Å². The first-order valence-corrected chi connectivity index (χ1v) is 6.00. The summed E-state index contributed by atoms with van der Waals surface area (Å²) in [4.78, 5) is 4.35. The fraction of sp³-hybridized carbons (Fsp3) is 0.0714. The lowest BCUT2D eigenvalue weighted by Gasteiger charge is -1.98.